The van der Waals surface area contributed by atoms with E-state index in [0.29, 0.717) is 17.3 Å². The van der Waals surface area contributed by atoms with Gasteiger partial charge in [-0.2, -0.15) is 10.1 Å². The quantitative estimate of drug-likeness (QED) is 0.563. The number of thiazole rings is 1. The first-order chi connectivity index (χ1) is 11.8. The zero-order valence-corrected chi connectivity index (χ0v) is 13.5. The van der Waals surface area contributed by atoms with E-state index in [9.17, 15) is 4.79 Å². The number of aromatic nitrogens is 5. The second kappa shape index (κ2) is 6.32. The predicted octanol–water partition coefficient (Wildman–Crippen LogP) is 2.10. The van der Waals surface area contributed by atoms with Gasteiger partial charge in [-0.1, -0.05) is 12.1 Å². The van der Waals surface area contributed by atoms with Crippen LogP contribution in [0.2, 0.25) is 0 Å². The third kappa shape index (κ3) is 2.95. The van der Waals surface area contributed by atoms with Crippen LogP contribution in [0.1, 0.15) is 21.8 Å². The van der Waals surface area contributed by atoms with Crippen LogP contribution >= 0.6 is 11.3 Å². The smallest absolute Gasteiger partial charge is 0.280 e. The van der Waals surface area contributed by atoms with Gasteiger partial charge in [0.05, 0.1) is 10.2 Å². The van der Waals surface area contributed by atoms with Crippen molar-refractivity contribution in [3.05, 3.63) is 53.6 Å². The fourth-order valence-electron chi connectivity index (χ4n) is 2.43. The lowest BCUT2D eigenvalue weighted by atomic mass is 10.2. The van der Waals surface area contributed by atoms with Crippen molar-refractivity contribution in [3.63, 3.8) is 0 Å². The highest BCUT2D eigenvalue weighted by molar-refractivity contribution is 7.20. The molecule has 7 nitrogen and oxygen atoms in total. The molecule has 1 aromatic carbocycles. The highest BCUT2D eigenvalue weighted by Crippen LogP contribution is 2.21. The minimum Gasteiger partial charge on any atom is -0.350 e. The zero-order valence-electron chi connectivity index (χ0n) is 12.7. The first kappa shape index (κ1) is 14.7. The van der Waals surface area contributed by atoms with Gasteiger partial charge in [0, 0.05) is 18.9 Å². The molecule has 0 aliphatic carbocycles. The van der Waals surface area contributed by atoms with E-state index in [0.717, 1.165) is 28.6 Å². The summed E-state index contributed by atoms with van der Waals surface area (Å²) < 4.78 is 2.67. The van der Waals surface area contributed by atoms with Gasteiger partial charge in [0.25, 0.3) is 11.7 Å². The van der Waals surface area contributed by atoms with Crippen LogP contribution in [0, 0.1) is 0 Å². The molecule has 24 heavy (non-hydrogen) atoms. The van der Waals surface area contributed by atoms with Crippen molar-refractivity contribution in [2.45, 2.75) is 12.8 Å². The lowest BCUT2D eigenvalue weighted by molar-refractivity contribution is 0.0953. The van der Waals surface area contributed by atoms with Crippen LogP contribution < -0.4 is 5.32 Å². The number of para-hydroxylation sites is 1. The Morgan fingerprint density at radius 2 is 2.17 bits per heavy atom. The standard InChI is InChI=1S/C16H14N6OS/c23-14(15-21-12-5-1-2-6-13(12)24-15)17-7-3-4-11-8-18-16-19-10-20-22(16)9-11/h1-2,5-6,8-10H,3-4,7H2,(H,17,23). The molecule has 0 radical (unpaired) electrons. The van der Waals surface area contributed by atoms with Crippen molar-refractivity contribution in [3.8, 4) is 0 Å². The van der Waals surface area contributed by atoms with Gasteiger partial charge in [0.1, 0.15) is 6.33 Å². The zero-order chi connectivity index (χ0) is 16.4. The summed E-state index contributed by atoms with van der Waals surface area (Å²) in [6, 6.07) is 7.75. The van der Waals surface area contributed by atoms with Crippen molar-refractivity contribution in [2.75, 3.05) is 6.54 Å². The monoisotopic (exact) mass is 338 g/mol. The number of carbonyl (C=O) groups is 1. The summed E-state index contributed by atoms with van der Waals surface area (Å²) in [6.07, 6.45) is 6.80. The first-order valence-corrected chi connectivity index (χ1v) is 8.39. The van der Waals surface area contributed by atoms with E-state index in [-0.39, 0.29) is 5.91 Å². The van der Waals surface area contributed by atoms with Crippen molar-refractivity contribution in [1.82, 2.24) is 29.9 Å². The van der Waals surface area contributed by atoms with Crippen LogP contribution in [-0.4, -0.2) is 37.0 Å². The first-order valence-electron chi connectivity index (χ1n) is 7.58. The lowest BCUT2D eigenvalue weighted by Crippen LogP contribution is -2.24. The summed E-state index contributed by atoms with van der Waals surface area (Å²) >= 11 is 1.41. The Bertz CT molecular complexity index is 975. The molecule has 3 aromatic heterocycles. The number of benzene rings is 1. The number of aryl methyl sites for hydroxylation is 1. The molecule has 8 heteroatoms. The van der Waals surface area contributed by atoms with Crippen LogP contribution in [0.3, 0.4) is 0 Å². The minimum atomic E-state index is -0.124. The maximum Gasteiger partial charge on any atom is 0.280 e. The van der Waals surface area contributed by atoms with Crippen molar-refractivity contribution < 1.29 is 4.79 Å². The Morgan fingerprint density at radius 3 is 3.08 bits per heavy atom. The molecular formula is C16H14N6OS. The largest absolute Gasteiger partial charge is 0.350 e. The van der Waals surface area contributed by atoms with Crippen LogP contribution in [0.25, 0.3) is 16.0 Å². The van der Waals surface area contributed by atoms with Crippen LogP contribution in [0.5, 0.6) is 0 Å². The molecule has 0 atom stereocenters. The third-order valence-corrected chi connectivity index (χ3v) is 4.64. The normalized spacial score (nSPS) is 11.2. The Hall–Kier alpha value is -2.87. The topological polar surface area (TPSA) is 85.1 Å². The number of fused-ring (bicyclic) bond motifs is 2. The number of amides is 1. The molecule has 120 valence electrons. The molecule has 0 unspecified atom stereocenters. The maximum absolute atomic E-state index is 12.2. The maximum atomic E-state index is 12.2. The number of hydrogen-bond donors (Lipinski definition) is 1. The SMILES string of the molecule is O=C(NCCCc1cnc2ncnn2c1)c1nc2ccccc2s1. The van der Waals surface area contributed by atoms with E-state index in [1.807, 2.05) is 30.5 Å². The molecule has 0 saturated carbocycles. The molecule has 3 heterocycles. The Morgan fingerprint density at radius 1 is 1.25 bits per heavy atom. The van der Waals surface area contributed by atoms with E-state index >= 15 is 0 Å². The van der Waals surface area contributed by atoms with Crippen molar-refractivity contribution >= 4 is 33.2 Å². The summed E-state index contributed by atoms with van der Waals surface area (Å²) in [5.74, 6) is 0.462. The molecule has 1 amide bonds. The average molecular weight is 338 g/mol. The van der Waals surface area contributed by atoms with Crippen LogP contribution in [0.4, 0.5) is 0 Å². The van der Waals surface area contributed by atoms with E-state index in [1.54, 1.807) is 10.7 Å². The van der Waals surface area contributed by atoms with Gasteiger partial charge in [-0.05, 0) is 30.5 Å². The molecule has 0 aliphatic heterocycles. The molecular weight excluding hydrogens is 324 g/mol. The number of nitrogens with one attached hydrogen (secondary N) is 1. The molecule has 4 aromatic rings. The minimum absolute atomic E-state index is 0.124. The predicted molar refractivity (Wildman–Crippen MR) is 91.1 cm³/mol. The second-order valence-corrected chi connectivity index (χ2v) is 6.34. The van der Waals surface area contributed by atoms with Crippen LogP contribution in [0.15, 0.2) is 43.0 Å². The summed E-state index contributed by atoms with van der Waals surface area (Å²) in [5.41, 5.74) is 1.92. The molecule has 1 N–H and O–H groups in total. The summed E-state index contributed by atoms with van der Waals surface area (Å²) in [6.45, 7) is 0.587. The molecule has 0 aliphatic rings. The van der Waals surface area contributed by atoms with E-state index in [2.05, 4.69) is 25.4 Å². The Balaban J connectivity index is 1.32. The van der Waals surface area contributed by atoms with E-state index < -0.39 is 0 Å². The van der Waals surface area contributed by atoms with Gasteiger partial charge >= 0.3 is 0 Å². The number of carbonyl (C=O) groups excluding carboxylic acids is 1. The van der Waals surface area contributed by atoms with Gasteiger partial charge in [-0.25, -0.2) is 14.5 Å². The fourth-order valence-corrected chi connectivity index (χ4v) is 3.31. The number of nitrogens with zero attached hydrogens (tertiary/aromatic N) is 5. The average Bonchev–Trinajstić information content (AvgIpc) is 3.24. The molecule has 0 bridgehead atoms. The molecule has 4 rings (SSSR count). The van der Waals surface area contributed by atoms with Crippen molar-refractivity contribution in [2.24, 2.45) is 0 Å². The third-order valence-electron chi connectivity index (χ3n) is 3.60. The van der Waals surface area contributed by atoms with Gasteiger partial charge in [-0.3, -0.25) is 4.79 Å². The summed E-state index contributed by atoms with van der Waals surface area (Å²) in [7, 11) is 0. The van der Waals surface area contributed by atoms with Crippen LogP contribution in [-0.2, 0) is 6.42 Å². The van der Waals surface area contributed by atoms with Gasteiger partial charge in [0.15, 0.2) is 5.01 Å². The Kier molecular flexibility index (Phi) is 3.87. The second-order valence-electron chi connectivity index (χ2n) is 5.31. The summed E-state index contributed by atoms with van der Waals surface area (Å²) in [4.78, 5) is 24.8. The van der Waals surface area contributed by atoms with Gasteiger partial charge in [-0.15, -0.1) is 11.3 Å². The van der Waals surface area contributed by atoms with Gasteiger partial charge in [0.2, 0.25) is 0 Å². The number of hydrogen-bond acceptors (Lipinski definition) is 6. The van der Waals surface area contributed by atoms with E-state index in [1.165, 1.54) is 17.7 Å². The van der Waals surface area contributed by atoms with Gasteiger partial charge < -0.3 is 5.32 Å². The molecule has 0 saturated heterocycles. The molecule has 0 fully saturated rings. The highest BCUT2D eigenvalue weighted by atomic mass is 32.1. The Labute approximate surface area is 141 Å². The number of rotatable bonds is 5. The van der Waals surface area contributed by atoms with E-state index in [4.69, 9.17) is 0 Å². The summed E-state index contributed by atoms with van der Waals surface area (Å²) in [5, 5.41) is 7.48. The lowest BCUT2D eigenvalue weighted by Gasteiger charge is -2.03. The van der Waals surface area contributed by atoms with Crippen molar-refractivity contribution in [1.29, 1.82) is 0 Å². The highest BCUT2D eigenvalue weighted by Gasteiger charge is 2.11. The molecule has 0 spiro atoms. The fraction of sp³-hybridized carbons (Fsp3) is 0.188.